The van der Waals surface area contributed by atoms with Crippen LogP contribution in [0, 0.1) is 0 Å². The van der Waals surface area contributed by atoms with Gasteiger partial charge in [0, 0.05) is 5.39 Å². The number of hydrogen-bond acceptors (Lipinski definition) is 4. The molecule has 3 N–H and O–H groups in total. The van der Waals surface area contributed by atoms with E-state index in [4.69, 9.17) is 10.9 Å². The Morgan fingerprint density at radius 2 is 2.24 bits per heavy atom. The van der Waals surface area contributed by atoms with Crippen LogP contribution >= 0.6 is 11.8 Å². The van der Waals surface area contributed by atoms with Crippen molar-refractivity contribution in [1.29, 1.82) is 0 Å². The SMILES string of the molecule is CCSc1nc2ccccc2cc1C(N)=NO. The Morgan fingerprint density at radius 3 is 2.94 bits per heavy atom. The minimum Gasteiger partial charge on any atom is -0.409 e. The van der Waals surface area contributed by atoms with Crippen molar-refractivity contribution in [2.75, 3.05) is 5.75 Å². The molecule has 0 aliphatic rings. The highest BCUT2D eigenvalue weighted by Gasteiger charge is 2.10. The van der Waals surface area contributed by atoms with Crippen molar-refractivity contribution < 1.29 is 5.21 Å². The van der Waals surface area contributed by atoms with Gasteiger partial charge in [-0.05, 0) is 17.9 Å². The molecular weight excluding hydrogens is 234 g/mol. The van der Waals surface area contributed by atoms with Gasteiger partial charge in [0.05, 0.1) is 11.1 Å². The summed E-state index contributed by atoms with van der Waals surface area (Å²) >= 11 is 1.58. The number of pyridine rings is 1. The van der Waals surface area contributed by atoms with Gasteiger partial charge in [0.2, 0.25) is 0 Å². The fourth-order valence-electron chi connectivity index (χ4n) is 1.58. The lowest BCUT2D eigenvalue weighted by molar-refractivity contribution is 0.318. The number of nitrogens with zero attached hydrogens (tertiary/aromatic N) is 2. The molecule has 0 saturated heterocycles. The largest absolute Gasteiger partial charge is 0.409 e. The first-order valence-electron chi connectivity index (χ1n) is 5.26. The van der Waals surface area contributed by atoms with Crippen LogP contribution < -0.4 is 5.73 Å². The topological polar surface area (TPSA) is 71.5 Å². The normalized spacial score (nSPS) is 11.9. The van der Waals surface area contributed by atoms with Crippen molar-refractivity contribution in [1.82, 2.24) is 4.98 Å². The molecule has 0 aliphatic carbocycles. The van der Waals surface area contributed by atoms with E-state index >= 15 is 0 Å². The predicted molar refractivity (Wildman–Crippen MR) is 70.7 cm³/mol. The number of fused-ring (bicyclic) bond motifs is 1. The summed E-state index contributed by atoms with van der Waals surface area (Å²) in [7, 11) is 0. The number of thioether (sulfide) groups is 1. The second-order valence-corrected chi connectivity index (χ2v) is 4.70. The van der Waals surface area contributed by atoms with Crippen molar-refractivity contribution in [2.45, 2.75) is 11.9 Å². The molecule has 0 spiro atoms. The van der Waals surface area contributed by atoms with E-state index in [1.54, 1.807) is 11.8 Å². The van der Waals surface area contributed by atoms with Gasteiger partial charge in [0.25, 0.3) is 0 Å². The molecule has 17 heavy (non-hydrogen) atoms. The average molecular weight is 247 g/mol. The summed E-state index contributed by atoms with van der Waals surface area (Å²) in [5.41, 5.74) is 7.26. The number of rotatable bonds is 3. The second kappa shape index (κ2) is 5.05. The summed E-state index contributed by atoms with van der Waals surface area (Å²) in [4.78, 5) is 4.52. The first-order chi connectivity index (χ1) is 8.26. The van der Waals surface area contributed by atoms with Crippen LogP contribution in [0.3, 0.4) is 0 Å². The number of benzene rings is 1. The third-order valence-corrected chi connectivity index (χ3v) is 3.23. The van der Waals surface area contributed by atoms with Gasteiger partial charge in [-0.1, -0.05) is 30.3 Å². The standard InChI is InChI=1S/C12H13N3OS/c1-2-17-12-9(11(13)15-16)7-8-5-3-4-6-10(8)14-12/h3-7,16H,2H2,1H3,(H2,13,15). The highest BCUT2D eigenvalue weighted by atomic mass is 32.2. The minimum atomic E-state index is 0.0965. The molecule has 1 aromatic heterocycles. The highest BCUT2D eigenvalue weighted by Crippen LogP contribution is 2.24. The Kier molecular flexibility index (Phi) is 3.49. The number of aromatic nitrogens is 1. The van der Waals surface area contributed by atoms with Crippen LogP contribution in [0.2, 0.25) is 0 Å². The Hall–Kier alpha value is -1.75. The van der Waals surface area contributed by atoms with E-state index in [0.29, 0.717) is 5.56 Å². The Labute approximate surface area is 104 Å². The van der Waals surface area contributed by atoms with Gasteiger partial charge in [-0.15, -0.1) is 11.8 Å². The van der Waals surface area contributed by atoms with Gasteiger partial charge in [-0.2, -0.15) is 0 Å². The molecule has 0 amide bonds. The van der Waals surface area contributed by atoms with Gasteiger partial charge < -0.3 is 10.9 Å². The quantitative estimate of drug-likeness (QED) is 0.287. The third-order valence-electron chi connectivity index (χ3n) is 2.35. The van der Waals surface area contributed by atoms with Crippen LogP contribution in [0.1, 0.15) is 12.5 Å². The maximum Gasteiger partial charge on any atom is 0.172 e. The number of amidine groups is 1. The molecule has 0 unspecified atom stereocenters. The molecule has 5 heteroatoms. The van der Waals surface area contributed by atoms with Crippen LogP contribution in [-0.2, 0) is 0 Å². The smallest absolute Gasteiger partial charge is 0.172 e. The van der Waals surface area contributed by atoms with E-state index in [9.17, 15) is 0 Å². The van der Waals surface area contributed by atoms with Crippen LogP contribution in [0.4, 0.5) is 0 Å². The van der Waals surface area contributed by atoms with Crippen LogP contribution in [0.25, 0.3) is 10.9 Å². The molecule has 0 atom stereocenters. The van der Waals surface area contributed by atoms with E-state index in [1.165, 1.54) is 0 Å². The lowest BCUT2D eigenvalue weighted by atomic mass is 10.1. The first kappa shape index (κ1) is 11.7. The lowest BCUT2D eigenvalue weighted by Gasteiger charge is -2.08. The van der Waals surface area contributed by atoms with E-state index in [0.717, 1.165) is 21.7 Å². The maximum absolute atomic E-state index is 8.78. The van der Waals surface area contributed by atoms with Crippen molar-refractivity contribution in [2.24, 2.45) is 10.9 Å². The Balaban J connectivity index is 2.66. The van der Waals surface area contributed by atoms with Crippen molar-refractivity contribution in [3.05, 3.63) is 35.9 Å². The summed E-state index contributed by atoms with van der Waals surface area (Å²) in [6.45, 7) is 2.04. The van der Waals surface area contributed by atoms with E-state index < -0.39 is 0 Å². The fraction of sp³-hybridized carbons (Fsp3) is 0.167. The first-order valence-corrected chi connectivity index (χ1v) is 6.25. The van der Waals surface area contributed by atoms with Crippen LogP contribution in [0.5, 0.6) is 0 Å². The molecule has 2 aromatic rings. The zero-order valence-corrected chi connectivity index (χ0v) is 10.2. The molecule has 4 nitrogen and oxygen atoms in total. The Morgan fingerprint density at radius 1 is 1.47 bits per heavy atom. The number of nitrogens with two attached hydrogens (primary N) is 1. The van der Waals surface area contributed by atoms with Crippen molar-refractivity contribution in [3.63, 3.8) is 0 Å². The predicted octanol–water partition coefficient (Wildman–Crippen LogP) is 2.44. The van der Waals surface area contributed by atoms with E-state index in [2.05, 4.69) is 10.1 Å². The molecule has 88 valence electrons. The summed E-state index contributed by atoms with van der Waals surface area (Å²) in [6, 6.07) is 9.68. The van der Waals surface area contributed by atoms with Gasteiger partial charge in [-0.25, -0.2) is 4.98 Å². The van der Waals surface area contributed by atoms with Crippen LogP contribution in [-0.4, -0.2) is 21.8 Å². The molecule has 0 aliphatic heterocycles. The minimum absolute atomic E-state index is 0.0965. The molecule has 0 saturated carbocycles. The average Bonchev–Trinajstić information content (AvgIpc) is 2.37. The molecule has 0 fully saturated rings. The zero-order chi connectivity index (χ0) is 12.3. The van der Waals surface area contributed by atoms with Gasteiger partial charge in [0.15, 0.2) is 5.84 Å². The van der Waals surface area contributed by atoms with Crippen molar-refractivity contribution >= 4 is 28.5 Å². The molecular formula is C12H13N3OS. The van der Waals surface area contributed by atoms with Crippen molar-refractivity contribution in [3.8, 4) is 0 Å². The molecule has 1 heterocycles. The van der Waals surface area contributed by atoms with E-state index in [-0.39, 0.29) is 5.84 Å². The highest BCUT2D eigenvalue weighted by molar-refractivity contribution is 7.99. The zero-order valence-electron chi connectivity index (χ0n) is 9.42. The molecule has 0 radical (unpaired) electrons. The third kappa shape index (κ3) is 2.34. The maximum atomic E-state index is 8.78. The second-order valence-electron chi connectivity index (χ2n) is 3.45. The summed E-state index contributed by atoms with van der Waals surface area (Å²) in [5, 5.41) is 13.6. The number of hydrogen-bond donors (Lipinski definition) is 2. The lowest BCUT2D eigenvalue weighted by Crippen LogP contribution is -2.15. The Bertz CT molecular complexity index is 569. The number of para-hydroxylation sites is 1. The molecule has 0 bridgehead atoms. The number of oxime groups is 1. The van der Waals surface area contributed by atoms with E-state index in [1.807, 2.05) is 37.3 Å². The summed E-state index contributed by atoms with van der Waals surface area (Å²) in [6.07, 6.45) is 0. The van der Waals surface area contributed by atoms with Gasteiger partial charge in [0.1, 0.15) is 5.03 Å². The van der Waals surface area contributed by atoms with Gasteiger partial charge in [-0.3, -0.25) is 0 Å². The summed E-state index contributed by atoms with van der Waals surface area (Å²) < 4.78 is 0. The molecule has 1 aromatic carbocycles. The fourth-order valence-corrected chi connectivity index (χ4v) is 2.34. The van der Waals surface area contributed by atoms with Gasteiger partial charge >= 0.3 is 0 Å². The monoisotopic (exact) mass is 247 g/mol. The van der Waals surface area contributed by atoms with Crippen LogP contribution in [0.15, 0.2) is 40.5 Å². The summed E-state index contributed by atoms with van der Waals surface area (Å²) in [5.74, 6) is 0.982. The molecule has 2 rings (SSSR count).